The van der Waals surface area contributed by atoms with Gasteiger partial charge in [-0.2, -0.15) is 0 Å². The number of fused-ring (bicyclic) bond motifs is 1. The van der Waals surface area contributed by atoms with Crippen molar-refractivity contribution in [3.05, 3.63) is 63.6 Å². The minimum Gasteiger partial charge on any atom is -0.493 e. The summed E-state index contributed by atoms with van der Waals surface area (Å²) in [6.45, 7) is 0.694. The topological polar surface area (TPSA) is 80.6 Å². The van der Waals surface area contributed by atoms with Crippen molar-refractivity contribution in [3.8, 4) is 5.75 Å². The highest BCUT2D eigenvalue weighted by Gasteiger charge is 2.17. The van der Waals surface area contributed by atoms with Crippen molar-refractivity contribution in [2.24, 2.45) is 7.05 Å². The van der Waals surface area contributed by atoms with E-state index in [1.165, 1.54) is 10.6 Å². The lowest BCUT2D eigenvalue weighted by molar-refractivity contribution is 0.0914. The summed E-state index contributed by atoms with van der Waals surface area (Å²) < 4.78 is 6.76. The van der Waals surface area contributed by atoms with E-state index in [0.717, 1.165) is 23.3 Å². The molecule has 1 atom stereocenters. The zero-order valence-corrected chi connectivity index (χ0v) is 12.8. The summed E-state index contributed by atoms with van der Waals surface area (Å²) in [6.07, 6.45) is 1.57. The maximum atomic E-state index is 12.1. The first-order valence-electron chi connectivity index (χ1n) is 7.44. The quantitative estimate of drug-likeness (QED) is 0.874. The maximum absolute atomic E-state index is 12.1. The Balaban J connectivity index is 1.67. The number of aryl methyl sites for hydroxylation is 1. The van der Waals surface area contributed by atoms with Gasteiger partial charge in [0.2, 0.25) is 0 Å². The number of carbonyl (C=O) groups excluding carboxylic acids is 1. The number of benzene rings is 1. The summed E-state index contributed by atoms with van der Waals surface area (Å²) >= 11 is 0. The van der Waals surface area contributed by atoms with Crippen molar-refractivity contribution >= 4 is 5.91 Å². The molecule has 1 aliphatic heterocycles. The van der Waals surface area contributed by atoms with Crippen LogP contribution in [0.15, 0.2) is 41.3 Å². The number of ether oxygens (including phenoxy) is 1. The molecule has 0 saturated carbocycles. The van der Waals surface area contributed by atoms with Gasteiger partial charge in [-0.25, -0.2) is 0 Å². The van der Waals surface area contributed by atoms with E-state index in [-0.39, 0.29) is 17.7 Å². The summed E-state index contributed by atoms with van der Waals surface area (Å²) in [7, 11) is 1.58. The highest BCUT2D eigenvalue weighted by atomic mass is 16.5. The Bertz CT molecular complexity index is 797. The monoisotopic (exact) mass is 314 g/mol. The van der Waals surface area contributed by atoms with Crippen LogP contribution in [0.2, 0.25) is 0 Å². The van der Waals surface area contributed by atoms with Gasteiger partial charge < -0.3 is 19.7 Å². The van der Waals surface area contributed by atoms with Gasteiger partial charge in [-0.1, -0.05) is 6.07 Å². The van der Waals surface area contributed by atoms with Crippen LogP contribution in [0.5, 0.6) is 5.75 Å². The predicted octanol–water partition coefficient (Wildman–Crippen LogP) is 0.784. The van der Waals surface area contributed by atoms with Gasteiger partial charge in [0.15, 0.2) is 0 Å². The van der Waals surface area contributed by atoms with Gasteiger partial charge in [-0.3, -0.25) is 9.59 Å². The fraction of sp³-hybridized carbons (Fsp3) is 0.294. The van der Waals surface area contributed by atoms with E-state index >= 15 is 0 Å². The van der Waals surface area contributed by atoms with Crippen LogP contribution in [0, 0.1) is 0 Å². The number of rotatable bonds is 4. The molecular formula is C17H18N2O4. The van der Waals surface area contributed by atoms with Crippen LogP contribution >= 0.6 is 0 Å². The lowest BCUT2D eigenvalue weighted by Crippen LogP contribution is -2.34. The van der Waals surface area contributed by atoms with Crippen molar-refractivity contribution in [1.82, 2.24) is 9.88 Å². The average molecular weight is 314 g/mol. The van der Waals surface area contributed by atoms with Gasteiger partial charge in [-0.05, 0) is 35.4 Å². The molecule has 6 nitrogen and oxygen atoms in total. The molecule has 0 radical (unpaired) electrons. The fourth-order valence-corrected chi connectivity index (χ4v) is 2.59. The largest absolute Gasteiger partial charge is 0.493 e. The van der Waals surface area contributed by atoms with Gasteiger partial charge in [0.1, 0.15) is 11.3 Å². The van der Waals surface area contributed by atoms with Crippen molar-refractivity contribution in [2.45, 2.75) is 12.5 Å². The molecule has 2 heterocycles. The molecule has 1 aromatic heterocycles. The molecule has 0 fully saturated rings. The van der Waals surface area contributed by atoms with Crippen molar-refractivity contribution < 1.29 is 14.6 Å². The van der Waals surface area contributed by atoms with E-state index in [1.807, 2.05) is 12.1 Å². The third kappa shape index (κ3) is 3.12. The Labute approximate surface area is 133 Å². The van der Waals surface area contributed by atoms with Crippen LogP contribution in [-0.2, 0) is 13.5 Å². The molecule has 0 aliphatic carbocycles. The molecule has 6 heteroatoms. The van der Waals surface area contributed by atoms with Gasteiger partial charge in [0, 0.05) is 26.2 Å². The van der Waals surface area contributed by atoms with Crippen LogP contribution in [0.4, 0.5) is 0 Å². The molecule has 1 aromatic carbocycles. The van der Waals surface area contributed by atoms with Gasteiger partial charge in [0.25, 0.3) is 11.5 Å². The molecule has 0 bridgehead atoms. The zero-order valence-electron chi connectivity index (χ0n) is 12.8. The van der Waals surface area contributed by atoms with E-state index in [2.05, 4.69) is 5.32 Å². The SMILES string of the molecule is Cn1cccc(C(=O)NCC(O)c2ccc3c(c2)CCO3)c1=O. The number of hydrogen-bond donors (Lipinski definition) is 2. The summed E-state index contributed by atoms with van der Waals surface area (Å²) in [5, 5.41) is 12.8. The second kappa shape index (κ2) is 6.26. The summed E-state index contributed by atoms with van der Waals surface area (Å²) in [5.74, 6) is 0.354. The summed E-state index contributed by atoms with van der Waals surface area (Å²) in [5.41, 5.74) is 1.47. The molecule has 1 unspecified atom stereocenters. The number of pyridine rings is 1. The lowest BCUT2D eigenvalue weighted by Gasteiger charge is -2.13. The minimum absolute atomic E-state index is 0.0382. The molecule has 0 saturated heterocycles. The van der Waals surface area contributed by atoms with Crippen molar-refractivity contribution in [1.29, 1.82) is 0 Å². The Morgan fingerprint density at radius 1 is 1.43 bits per heavy atom. The molecule has 0 spiro atoms. The highest BCUT2D eigenvalue weighted by Crippen LogP contribution is 2.27. The Kier molecular flexibility index (Phi) is 4.16. The van der Waals surface area contributed by atoms with E-state index in [1.54, 1.807) is 25.4 Å². The maximum Gasteiger partial charge on any atom is 0.263 e. The number of carbonyl (C=O) groups is 1. The first kappa shape index (κ1) is 15.3. The lowest BCUT2D eigenvalue weighted by atomic mass is 10.0. The van der Waals surface area contributed by atoms with Gasteiger partial charge >= 0.3 is 0 Å². The number of amides is 1. The standard InChI is InChI=1S/C17H18N2O4/c1-19-7-2-3-13(17(19)22)16(21)18-10-14(20)11-4-5-15-12(9-11)6-8-23-15/h2-5,7,9,14,20H,6,8,10H2,1H3,(H,18,21). The summed E-state index contributed by atoms with van der Waals surface area (Å²) in [6, 6.07) is 8.60. The van der Waals surface area contributed by atoms with E-state index in [9.17, 15) is 14.7 Å². The molecule has 120 valence electrons. The second-order valence-electron chi connectivity index (χ2n) is 5.53. The van der Waals surface area contributed by atoms with Crippen molar-refractivity contribution in [3.63, 3.8) is 0 Å². The minimum atomic E-state index is -0.836. The van der Waals surface area contributed by atoms with Crippen LogP contribution < -0.4 is 15.6 Å². The fourth-order valence-electron chi connectivity index (χ4n) is 2.59. The average Bonchev–Trinajstić information content (AvgIpc) is 3.02. The third-order valence-corrected chi connectivity index (χ3v) is 3.92. The van der Waals surface area contributed by atoms with E-state index in [0.29, 0.717) is 6.61 Å². The smallest absolute Gasteiger partial charge is 0.263 e. The van der Waals surface area contributed by atoms with Crippen LogP contribution in [0.1, 0.15) is 27.6 Å². The number of aromatic nitrogens is 1. The molecule has 23 heavy (non-hydrogen) atoms. The number of nitrogens with one attached hydrogen (secondary N) is 1. The first-order chi connectivity index (χ1) is 11.1. The zero-order chi connectivity index (χ0) is 16.4. The predicted molar refractivity (Wildman–Crippen MR) is 84.6 cm³/mol. The Hall–Kier alpha value is -2.60. The molecule has 3 rings (SSSR count). The van der Waals surface area contributed by atoms with Gasteiger partial charge in [0.05, 0.1) is 12.7 Å². The number of nitrogens with zero attached hydrogens (tertiary/aromatic N) is 1. The normalized spacial score (nSPS) is 14.0. The van der Waals surface area contributed by atoms with Crippen LogP contribution in [0.25, 0.3) is 0 Å². The number of aliphatic hydroxyl groups excluding tert-OH is 1. The number of hydrogen-bond acceptors (Lipinski definition) is 4. The first-order valence-corrected chi connectivity index (χ1v) is 7.44. The Morgan fingerprint density at radius 3 is 3.09 bits per heavy atom. The van der Waals surface area contributed by atoms with E-state index in [4.69, 9.17) is 4.74 Å². The molecule has 2 N–H and O–H groups in total. The van der Waals surface area contributed by atoms with E-state index < -0.39 is 12.0 Å². The second-order valence-corrected chi connectivity index (χ2v) is 5.53. The molecular weight excluding hydrogens is 296 g/mol. The molecule has 1 amide bonds. The Morgan fingerprint density at radius 2 is 2.26 bits per heavy atom. The van der Waals surface area contributed by atoms with Crippen molar-refractivity contribution in [2.75, 3.05) is 13.2 Å². The third-order valence-electron chi connectivity index (χ3n) is 3.92. The molecule has 2 aromatic rings. The van der Waals surface area contributed by atoms with Gasteiger partial charge in [-0.15, -0.1) is 0 Å². The highest BCUT2D eigenvalue weighted by molar-refractivity contribution is 5.93. The summed E-state index contributed by atoms with van der Waals surface area (Å²) in [4.78, 5) is 24.0. The van der Waals surface area contributed by atoms with Crippen LogP contribution in [-0.4, -0.2) is 28.7 Å². The van der Waals surface area contributed by atoms with Crippen LogP contribution in [0.3, 0.4) is 0 Å². The molecule has 1 aliphatic rings. The number of aliphatic hydroxyl groups is 1.